The maximum absolute atomic E-state index is 14.3. The lowest BCUT2D eigenvalue weighted by Crippen LogP contribution is -2.32. The third-order valence-corrected chi connectivity index (χ3v) is 3.67. The number of hydrazine groups is 1. The van der Waals surface area contributed by atoms with Crippen LogP contribution in [0.15, 0.2) is 17.1 Å². The molecule has 2 aromatic heterocycles. The van der Waals surface area contributed by atoms with Crippen molar-refractivity contribution in [2.45, 2.75) is 19.9 Å². The van der Waals surface area contributed by atoms with Crippen molar-refractivity contribution in [2.24, 2.45) is 0 Å². The van der Waals surface area contributed by atoms with Gasteiger partial charge in [0.1, 0.15) is 11.2 Å². The summed E-state index contributed by atoms with van der Waals surface area (Å²) >= 11 is 0. The molecule has 0 spiro atoms. The smallest absolute Gasteiger partial charge is 0.341 e. The molecule has 3 rings (SSSR count). The van der Waals surface area contributed by atoms with Crippen molar-refractivity contribution in [3.63, 3.8) is 0 Å². The second kappa shape index (κ2) is 5.38. The fraction of sp³-hybridized carbons (Fsp3) is 0.357. The topological polar surface area (TPSA) is 87.5 Å². The molecule has 1 fully saturated rings. The minimum Gasteiger partial charge on any atom is -0.477 e. The molecule has 0 atom stereocenters. The quantitative estimate of drug-likeness (QED) is 0.878. The lowest BCUT2D eigenvalue weighted by molar-refractivity contribution is 0.0695. The van der Waals surface area contributed by atoms with Crippen LogP contribution in [0.25, 0.3) is 11.0 Å². The Morgan fingerprint density at radius 1 is 1.55 bits per heavy atom. The first-order valence-electron chi connectivity index (χ1n) is 7.01. The Kier molecular flexibility index (Phi) is 3.53. The molecule has 3 heterocycles. The van der Waals surface area contributed by atoms with E-state index < -0.39 is 17.2 Å². The number of fused-ring (bicyclic) bond motifs is 1. The van der Waals surface area contributed by atoms with Crippen molar-refractivity contribution in [3.8, 4) is 0 Å². The van der Waals surface area contributed by atoms with Crippen LogP contribution in [-0.4, -0.2) is 33.7 Å². The van der Waals surface area contributed by atoms with Gasteiger partial charge >= 0.3 is 5.97 Å². The van der Waals surface area contributed by atoms with Gasteiger partial charge < -0.3 is 9.67 Å². The number of halogens is 1. The first kappa shape index (κ1) is 14.5. The fourth-order valence-electron chi connectivity index (χ4n) is 2.57. The number of hydrogen-bond donors (Lipinski definition) is 2. The van der Waals surface area contributed by atoms with Crippen LogP contribution in [0.5, 0.6) is 0 Å². The van der Waals surface area contributed by atoms with Crippen molar-refractivity contribution in [2.75, 3.05) is 18.1 Å². The summed E-state index contributed by atoms with van der Waals surface area (Å²) in [6.07, 6.45) is 2.12. The van der Waals surface area contributed by atoms with Crippen LogP contribution >= 0.6 is 0 Å². The number of pyridine rings is 2. The summed E-state index contributed by atoms with van der Waals surface area (Å²) in [5, 5.41) is 10.7. The molecule has 7 nitrogen and oxygen atoms in total. The number of aryl methyl sites for hydroxylation is 1. The average Bonchev–Trinajstić information content (AvgIpc) is 3.01. The maximum Gasteiger partial charge on any atom is 0.341 e. The second-order valence-corrected chi connectivity index (χ2v) is 5.04. The fourth-order valence-corrected chi connectivity index (χ4v) is 2.57. The van der Waals surface area contributed by atoms with Crippen molar-refractivity contribution >= 4 is 22.8 Å². The van der Waals surface area contributed by atoms with E-state index in [0.717, 1.165) is 19.0 Å². The van der Waals surface area contributed by atoms with E-state index in [4.69, 9.17) is 5.11 Å². The lowest BCUT2D eigenvalue weighted by Gasteiger charge is -2.19. The molecule has 1 aliphatic rings. The van der Waals surface area contributed by atoms with Crippen LogP contribution in [0.2, 0.25) is 0 Å². The largest absolute Gasteiger partial charge is 0.477 e. The molecular formula is C14H15FN4O3. The zero-order valence-corrected chi connectivity index (χ0v) is 12.0. The van der Waals surface area contributed by atoms with E-state index in [1.54, 1.807) is 16.5 Å². The number of carbonyl (C=O) groups is 1. The summed E-state index contributed by atoms with van der Waals surface area (Å²) in [5.74, 6) is -1.86. The Balaban J connectivity index is 2.30. The predicted molar refractivity (Wildman–Crippen MR) is 78.6 cm³/mol. The van der Waals surface area contributed by atoms with Crippen LogP contribution in [0.4, 0.5) is 10.2 Å². The molecule has 8 heteroatoms. The Morgan fingerprint density at radius 2 is 2.32 bits per heavy atom. The summed E-state index contributed by atoms with van der Waals surface area (Å²) < 4.78 is 15.8. The van der Waals surface area contributed by atoms with Crippen molar-refractivity contribution in [1.29, 1.82) is 0 Å². The van der Waals surface area contributed by atoms with Crippen LogP contribution in [0, 0.1) is 5.82 Å². The first-order valence-corrected chi connectivity index (χ1v) is 7.01. The normalized spacial score (nSPS) is 14.7. The van der Waals surface area contributed by atoms with E-state index in [1.165, 1.54) is 6.20 Å². The number of anilines is 1. The lowest BCUT2D eigenvalue weighted by atomic mass is 10.2. The van der Waals surface area contributed by atoms with Gasteiger partial charge in [0.25, 0.3) is 0 Å². The van der Waals surface area contributed by atoms with Gasteiger partial charge in [-0.15, -0.1) is 0 Å². The highest BCUT2D eigenvalue weighted by atomic mass is 19.1. The SMILES string of the molecule is CCn1cc(C(=O)O)c(=O)c2cc(F)c(N3CCCN3)nc21. The number of carboxylic acids is 1. The zero-order chi connectivity index (χ0) is 15.9. The van der Waals surface area contributed by atoms with Gasteiger partial charge in [0.05, 0.1) is 5.39 Å². The molecule has 0 saturated carbocycles. The van der Waals surface area contributed by atoms with Gasteiger partial charge in [0.2, 0.25) is 5.43 Å². The van der Waals surface area contributed by atoms with E-state index in [2.05, 4.69) is 10.4 Å². The van der Waals surface area contributed by atoms with E-state index in [9.17, 15) is 14.0 Å². The summed E-state index contributed by atoms with van der Waals surface area (Å²) in [5.41, 5.74) is 2.18. The van der Waals surface area contributed by atoms with Crippen LogP contribution in [-0.2, 0) is 6.54 Å². The van der Waals surface area contributed by atoms with Gasteiger partial charge in [-0.1, -0.05) is 0 Å². The van der Waals surface area contributed by atoms with Gasteiger partial charge in [0.15, 0.2) is 11.6 Å². The van der Waals surface area contributed by atoms with Crippen molar-refractivity contribution in [3.05, 3.63) is 33.9 Å². The van der Waals surface area contributed by atoms with E-state index >= 15 is 0 Å². The van der Waals surface area contributed by atoms with Crippen molar-refractivity contribution < 1.29 is 14.3 Å². The van der Waals surface area contributed by atoms with E-state index in [1.807, 2.05) is 0 Å². The Labute approximate surface area is 125 Å². The minimum absolute atomic E-state index is 0.0257. The average molecular weight is 306 g/mol. The summed E-state index contributed by atoms with van der Waals surface area (Å²) in [6.45, 7) is 3.58. The molecule has 0 aliphatic carbocycles. The number of nitrogens with zero attached hydrogens (tertiary/aromatic N) is 3. The number of aromatic nitrogens is 2. The number of hydrogen-bond acceptors (Lipinski definition) is 5. The molecule has 0 radical (unpaired) electrons. The maximum atomic E-state index is 14.3. The molecule has 1 saturated heterocycles. The number of rotatable bonds is 3. The molecule has 22 heavy (non-hydrogen) atoms. The third-order valence-electron chi connectivity index (χ3n) is 3.67. The number of nitrogens with one attached hydrogen (secondary N) is 1. The zero-order valence-electron chi connectivity index (χ0n) is 12.0. The Bertz CT molecular complexity index is 812. The molecule has 0 bridgehead atoms. The molecule has 116 valence electrons. The van der Waals surface area contributed by atoms with Crippen LogP contribution < -0.4 is 15.9 Å². The highest BCUT2D eigenvalue weighted by molar-refractivity contribution is 5.92. The summed E-state index contributed by atoms with van der Waals surface area (Å²) in [7, 11) is 0. The van der Waals surface area contributed by atoms with Gasteiger partial charge in [-0.25, -0.2) is 19.6 Å². The van der Waals surface area contributed by atoms with Gasteiger partial charge in [-0.05, 0) is 19.4 Å². The van der Waals surface area contributed by atoms with Crippen LogP contribution in [0.3, 0.4) is 0 Å². The molecule has 0 amide bonds. The van der Waals surface area contributed by atoms with Crippen molar-refractivity contribution in [1.82, 2.24) is 15.0 Å². The third kappa shape index (κ3) is 2.21. The summed E-state index contributed by atoms with van der Waals surface area (Å²) in [6, 6.07) is 1.07. The molecule has 0 aromatic carbocycles. The van der Waals surface area contributed by atoms with Crippen LogP contribution in [0.1, 0.15) is 23.7 Å². The molecule has 1 aliphatic heterocycles. The Morgan fingerprint density at radius 3 is 2.91 bits per heavy atom. The highest BCUT2D eigenvalue weighted by Crippen LogP contribution is 2.22. The van der Waals surface area contributed by atoms with E-state index in [-0.39, 0.29) is 22.4 Å². The first-order chi connectivity index (χ1) is 10.5. The molecule has 2 aromatic rings. The molecular weight excluding hydrogens is 291 g/mol. The monoisotopic (exact) mass is 306 g/mol. The highest BCUT2D eigenvalue weighted by Gasteiger charge is 2.21. The number of carboxylic acid groups (broad SMARTS) is 1. The standard InChI is InChI=1S/C14H15FN4O3/c1-2-18-7-9(14(21)22)11(20)8-6-10(15)13(17-12(8)18)19-5-3-4-16-19/h6-7,16H,2-5H2,1H3,(H,21,22). The van der Waals surface area contributed by atoms with Gasteiger partial charge in [-0.2, -0.15) is 0 Å². The van der Waals surface area contributed by atoms with Gasteiger partial charge in [0, 0.05) is 25.8 Å². The predicted octanol–water partition coefficient (Wildman–Crippen LogP) is 0.968. The van der Waals surface area contributed by atoms with E-state index in [0.29, 0.717) is 13.1 Å². The molecule has 2 N–H and O–H groups in total. The second-order valence-electron chi connectivity index (χ2n) is 5.04. The van der Waals surface area contributed by atoms with Gasteiger partial charge in [-0.3, -0.25) is 9.80 Å². The minimum atomic E-state index is -1.33. The summed E-state index contributed by atoms with van der Waals surface area (Å²) in [4.78, 5) is 27.6. The Hall–Kier alpha value is -2.48. The molecule has 0 unspecified atom stereocenters. The number of aromatic carboxylic acids is 1.